The molecule has 110 valence electrons. The SMILES string of the molecule is Cc1cccc(CN2CCCC2c2[nH]ncc2C(N)=O)n1. The molecule has 0 radical (unpaired) electrons. The van der Waals surface area contributed by atoms with Crippen molar-refractivity contribution in [3.8, 4) is 0 Å². The maximum atomic E-state index is 11.5. The number of nitrogens with zero attached hydrogens (tertiary/aromatic N) is 3. The van der Waals surface area contributed by atoms with Crippen LogP contribution in [0.3, 0.4) is 0 Å². The Hall–Kier alpha value is -2.21. The van der Waals surface area contributed by atoms with Crippen LogP contribution in [-0.4, -0.2) is 32.5 Å². The van der Waals surface area contributed by atoms with Gasteiger partial charge in [0.1, 0.15) is 0 Å². The van der Waals surface area contributed by atoms with Gasteiger partial charge < -0.3 is 5.73 Å². The number of carbonyl (C=O) groups excluding carboxylic acids is 1. The van der Waals surface area contributed by atoms with E-state index in [0.29, 0.717) is 5.56 Å². The van der Waals surface area contributed by atoms with Gasteiger partial charge in [0.25, 0.3) is 5.91 Å². The van der Waals surface area contributed by atoms with Crippen molar-refractivity contribution < 1.29 is 4.79 Å². The van der Waals surface area contributed by atoms with Crippen molar-refractivity contribution in [1.82, 2.24) is 20.1 Å². The standard InChI is InChI=1S/C15H19N5O/c1-10-4-2-5-11(18-10)9-20-7-3-6-13(20)14-12(15(16)21)8-17-19-14/h2,4-5,8,13H,3,6-7,9H2,1H3,(H2,16,21)(H,17,19). The number of hydrogen-bond donors (Lipinski definition) is 2. The Bertz CT molecular complexity index is 651. The number of aryl methyl sites for hydroxylation is 1. The summed E-state index contributed by atoms with van der Waals surface area (Å²) in [7, 11) is 0. The molecule has 21 heavy (non-hydrogen) atoms. The highest BCUT2D eigenvalue weighted by Gasteiger charge is 2.30. The first-order valence-corrected chi connectivity index (χ1v) is 7.15. The Labute approximate surface area is 123 Å². The van der Waals surface area contributed by atoms with Gasteiger partial charge in [-0.05, 0) is 38.4 Å². The molecular formula is C15H19N5O. The first kappa shape index (κ1) is 13.8. The molecule has 1 aliphatic heterocycles. The molecule has 0 aliphatic carbocycles. The Morgan fingerprint density at radius 2 is 2.38 bits per heavy atom. The summed E-state index contributed by atoms with van der Waals surface area (Å²) < 4.78 is 0. The number of carbonyl (C=O) groups is 1. The minimum absolute atomic E-state index is 0.150. The molecule has 1 aliphatic rings. The molecule has 1 saturated heterocycles. The van der Waals surface area contributed by atoms with Gasteiger partial charge in [-0.3, -0.25) is 19.8 Å². The molecule has 1 amide bonds. The van der Waals surface area contributed by atoms with E-state index in [2.05, 4.69) is 20.1 Å². The third-order valence-electron chi connectivity index (χ3n) is 3.94. The number of hydrogen-bond acceptors (Lipinski definition) is 4. The van der Waals surface area contributed by atoms with Gasteiger partial charge in [-0.15, -0.1) is 0 Å². The second-order valence-electron chi connectivity index (χ2n) is 5.46. The summed E-state index contributed by atoms with van der Waals surface area (Å²) in [5, 5.41) is 6.92. The minimum atomic E-state index is -0.431. The predicted molar refractivity (Wildman–Crippen MR) is 78.5 cm³/mol. The lowest BCUT2D eigenvalue weighted by molar-refractivity contribution is 0.0997. The number of amides is 1. The molecular weight excluding hydrogens is 266 g/mol. The monoisotopic (exact) mass is 285 g/mol. The van der Waals surface area contributed by atoms with Gasteiger partial charge in [-0.2, -0.15) is 5.10 Å². The molecule has 3 rings (SSSR count). The van der Waals surface area contributed by atoms with Crippen LogP contribution in [0.25, 0.3) is 0 Å². The van der Waals surface area contributed by atoms with Crippen molar-refractivity contribution in [2.75, 3.05) is 6.54 Å². The maximum Gasteiger partial charge on any atom is 0.252 e. The van der Waals surface area contributed by atoms with Crippen molar-refractivity contribution in [2.24, 2.45) is 5.73 Å². The first-order valence-electron chi connectivity index (χ1n) is 7.15. The summed E-state index contributed by atoms with van der Waals surface area (Å²) in [4.78, 5) is 18.4. The predicted octanol–water partition coefficient (Wildman–Crippen LogP) is 1.55. The first-order chi connectivity index (χ1) is 10.1. The van der Waals surface area contributed by atoms with Crippen LogP contribution in [0.2, 0.25) is 0 Å². The summed E-state index contributed by atoms with van der Waals surface area (Å²) in [5.74, 6) is -0.431. The molecule has 0 spiro atoms. The van der Waals surface area contributed by atoms with Crippen LogP contribution in [-0.2, 0) is 6.54 Å². The normalized spacial score (nSPS) is 19.0. The lowest BCUT2D eigenvalue weighted by atomic mass is 10.1. The van der Waals surface area contributed by atoms with E-state index >= 15 is 0 Å². The van der Waals surface area contributed by atoms with E-state index in [1.165, 1.54) is 6.20 Å². The van der Waals surface area contributed by atoms with Crippen LogP contribution >= 0.6 is 0 Å². The summed E-state index contributed by atoms with van der Waals surface area (Å²) in [6.07, 6.45) is 3.60. The van der Waals surface area contributed by atoms with Crippen LogP contribution in [0.5, 0.6) is 0 Å². The summed E-state index contributed by atoms with van der Waals surface area (Å²) in [6.45, 7) is 3.74. The lowest BCUT2D eigenvalue weighted by Crippen LogP contribution is -2.25. The number of nitrogens with two attached hydrogens (primary N) is 1. The van der Waals surface area contributed by atoms with Gasteiger partial charge >= 0.3 is 0 Å². The van der Waals surface area contributed by atoms with Gasteiger partial charge in [0, 0.05) is 12.2 Å². The number of rotatable bonds is 4. The number of aromatic amines is 1. The van der Waals surface area contributed by atoms with Crippen LogP contribution < -0.4 is 5.73 Å². The van der Waals surface area contributed by atoms with Crippen LogP contribution in [0.1, 0.15) is 46.3 Å². The third-order valence-corrected chi connectivity index (χ3v) is 3.94. The molecule has 2 aromatic rings. The van der Waals surface area contributed by atoms with Gasteiger partial charge in [0.05, 0.1) is 29.2 Å². The summed E-state index contributed by atoms with van der Waals surface area (Å²) >= 11 is 0. The Kier molecular flexibility index (Phi) is 3.70. The number of nitrogens with one attached hydrogen (secondary N) is 1. The van der Waals surface area contributed by atoms with E-state index in [4.69, 9.17) is 5.73 Å². The number of pyridine rings is 1. The van der Waals surface area contributed by atoms with Crippen molar-refractivity contribution in [3.63, 3.8) is 0 Å². The largest absolute Gasteiger partial charge is 0.365 e. The molecule has 6 heteroatoms. The minimum Gasteiger partial charge on any atom is -0.365 e. The molecule has 0 saturated carbocycles. The average molecular weight is 285 g/mol. The smallest absolute Gasteiger partial charge is 0.252 e. The Morgan fingerprint density at radius 3 is 3.14 bits per heavy atom. The van der Waals surface area contributed by atoms with Crippen LogP contribution in [0, 0.1) is 6.92 Å². The highest BCUT2D eigenvalue weighted by Crippen LogP contribution is 2.33. The summed E-state index contributed by atoms with van der Waals surface area (Å²) in [5.41, 5.74) is 8.79. The fourth-order valence-corrected chi connectivity index (χ4v) is 2.98. The quantitative estimate of drug-likeness (QED) is 0.892. The van der Waals surface area contributed by atoms with E-state index in [9.17, 15) is 4.79 Å². The molecule has 3 N–H and O–H groups in total. The Morgan fingerprint density at radius 1 is 1.52 bits per heavy atom. The van der Waals surface area contributed by atoms with E-state index in [0.717, 1.165) is 43.0 Å². The van der Waals surface area contributed by atoms with E-state index in [1.54, 1.807) is 0 Å². The van der Waals surface area contributed by atoms with Crippen molar-refractivity contribution in [3.05, 3.63) is 47.0 Å². The second-order valence-corrected chi connectivity index (χ2v) is 5.46. The number of aromatic nitrogens is 3. The van der Waals surface area contributed by atoms with Crippen LogP contribution in [0.4, 0.5) is 0 Å². The highest BCUT2D eigenvalue weighted by atomic mass is 16.1. The van der Waals surface area contributed by atoms with Crippen molar-refractivity contribution >= 4 is 5.91 Å². The fraction of sp³-hybridized carbons (Fsp3) is 0.400. The zero-order chi connectivity index (χ0) is 14.8. The number of H-pyrrole nitrogens is 1. The molecule has 1 fully saturated rings. The number of likely N-dealkylation sites (tertiary alicyclic amines) is 1. The molecule has 1 atom stereocenters. The zero-order valence-corrected chi connectivity index (χ0v) is 12.0. The molecule has 2 aromatic heterocycles. The Balaban J connectivity index is 1.82. The molecule has 0 bridgehead atoms. The topological polar surface area (TPSA) is 87.9 Å². The average Bonchev–Trinajstić information content (AvgIpc) is 3.06. The lowest BCUT2D eigenvalue weighted by Gasteiger charge is -2.23. The van der Waals surface area contributed by atoms with E-state index in [-0.39, 0.29) is 6.04 Å². The van der Waals surface area contributed by atoms with Crippen molar-refractivity contribution in [2.45, 2.75) is 32.4 Å². The highest BCUT2D eigenvalue weighted by molar-refractivity contribution is 5.93. The van der Waals surface area contributed by atoms with Crippen LogP contribution in [0.15, 0.2) is 24.4 Å². The van der Waals surface area contributed by atoms with Gasteiger partial charge in [0.15, 0.2) is 0 Å². The zero-order valence-electron chi connectivity index (χ0n) is 12.0. The fourth-order valence-electron chi connectivity index (χ4n) is 2.98. The van der Waals surface area contributed by atoms with Crippen molar-refractivity contribution in [1.29, 1.82) is 0 Å². The second kappa shape index (κ2) is 5.65. The molecule has 0 aromatic carbocycles. The van der Waals surface area contributed by atoms with E-state index in [1.807, 2.05) is 25.1 Å². The van der Waals surface area contributed by atoms with Gasteiger partial charge in [-0.1, -0.05) is 6.07 Å². The molecule has 6 nitrogen and oxygen atoms in total. The number of primary amides is 1. The maximum absolute atomic E-state index is 11.5. The van der Waals surface area contributed by atoms with E-state index < -0.39 is 5.91 Å². The summed E-state index contributed by atoms with van der Waals surface area (Å²) in [6, 6.07) is 6.20. The molecule has 1 unspecified atom stereocenters. The third kappa shape index (κ3) is 2.80. The van der Waals surface area contributed by atoms with Gasteiger partial charge in [-0.25, -0.2) is 0 Å². The molecule has 3 heterocycles. The van der Waals surface area contributed by atoms with Gasteiger partial charge in [0.2, 0.25) is 0 Å².